The molecule has 0 saturated heterocycles. The molecule has 0 spiro atoms. The Labute approximate surface area is 219 Å². The number of ether oxygens (including phenoxy) is 1. The van der Waals surface area contributed by atoms with Crippen LogP contribution in [0.3, 0.4) is 0 Å². The first-order chi connectivity index (χ1) is 17.9. The molecular formula is C28H29FN4O3S. The van der Waals surface area contributed by atoms with Crippen LogP contribution in [0.15, 0.2) is 66.9 Å². The number of nitrogens with zero attached hydrogens (tertiary/aromatic N) is 3. The van der Waals surface area contributed by atoms with Crippen LogP contribution in [-0.2, 0) is 11.3 Å². The van der Waals surface area contributed by atoms with Crippen molar-refractivity contribution < 1.29 is 18.7 Å². The molecule has 2 aromatic heterocycles. The molecule has 4 rings (SSSR count). The number of nitrogens with one attached hydrogen (secondary N) is 1. The van der Waals surface area contributed by atoms with Gasteiger partial charge in [-0.2, -0.15) is 0 Å². The van der Waals surface area contributed by atoms with Crippen LogP contribution in [0, 0.1) is 5.82 Å². The fraction of sp³-hybridized carbons (Fsp3) is 0.250. The quantitative estimate of drug-likeness (QED) is 0.287. The van der Waals surface area contributed by atoms with Crippen LogP contribution in [0.1, 0.15) is 29.1 Å². The summed E-state index contributed by atoms with van der Waals surface area (Å²) in [4.78, 5) is 34.1. The van der Waals surface area contributed by atoms with Crippen LogP contribution >= 0.6 is 11.3 Å². The molecule has 37 heavy (non-hydrogen) atoms. The summed E-state index contributed by atoms with van der Waals surface area (Å²) in [7, 11) is 1.54. The van der Waals surface area contributed by atoms with Crippen molar-refractivity contribution >= 4 is 39.1 Å². The Morgan fingerprint density at radius 3 is 2.49 bits per heavy atom. The van der Waals surface area contributed by atoms with Gasteiger partial charge in [0.1, 0.15) is 5.75 Å². The van der Waals surface area contributed by atoms with E-state index in [9.17, 15) is 14.0 Å². The Hall–Kier alpha value is -3.82. The Morgan fingerprint density at radius 2 is 1.78 bits per heavy atom. The molecule has 0 aliphatic heterocycles. The number of rotatable bonds is 10. The van der Waals surface area contributed by atoms with Gasteiger partial charge in [-0.3, -0.25) is 19.5 Å². The molecule has 4 aromatic rings. The van der Waals surface area contributed by atoms with E-state index in [1.54, 1.807) is 61.0 Å². The number of amides is 2. The third-order valence-corrected chi connectivity index (χ3v) is 7.01. The second kappa shape index (κ2) is 11.9. The zero-order valence-electron chi connectivity index (χ0n) is 21.0. The summed E-state index contributed by atoms with van der Waals surface area (Å²) in [6.45, 7) is 6.81. The lowest BCUT2D eigenvalue weighted by Gasteiger charge is -2.17. The molecule has 0 aliphatic carbocycles. The summed E-state index contributed by atoms with van der Waals surface area (Å²) in [6.07, 6.45) is 1.64. The first-order valence-corrected chi connectivity index (χ1v) is 12.9. The highest BCUT2D eigenvalue weighted by Crippen LogP contribution is 2.36. The molecule has 0 aliphatic rings. The normalized spacial score (nSPS) is 11.1. The first kappa shape index (κ1) is 26.2. The van der Waals surface area contributed by atoms with Crippen LogP contribution in [0.4, 0.5) is 10.1 Å². The molecule has 2 aromatic carbocycles. The summed E-state index contributed by atoms with van der Waals surface area (Å²) in [5.41, 5.74) is 1.57. The van der Waals surface area contributed by atoms with Gasteiger partial charge in [0.05, 0.1) is 16.8 Å². The van der Waals surface area contributed by atoms with E-state index < -0.39 is 11.7 Å². The van der Waals surface area contributed by atoms with E-state index in [-0.39, 0.29) is 23.9 Å². The van der Waals surface area contributed by atoms with E-state index >= 15 is 0 Å². The van der Waals surface area contributed by atoms with Crippen LogP contribution in [0.2, 0.25) is 0 Å². The summed E-state index contributed by atoms with van der Waals surface area (Å²) in [6, 6.07) is 16.7. The average molecular weight is 521 g/mol. The number of hydrogen-bond donors (Lipinski definition) is 1. The van der Waals surface area contributed by atoms with E-state index in [1.165, 1.54) is 17.0 Å². The topological polar surface area (TPSA) is 74.8 Å². The molecule has 0 saturated carbocycles. The average Bonchev–Trinajstić information content (AvgIpc) is 3.32. The number of halogens is 1. The summed E-state index contributed by atoms with van der Waals surface area (Å²) in [5.74, 6) is -0.757. The molecular weight excluding hydrogens is 491 g/mol. The van der Waals surface area contributed by atoms with Crippen molar-refractivity contribution in [3.05, 3.63) is 83.1 Å². The number of benzene rings is 2. The van der Waals surface area contributed by atoms with E-state index in [0.717, 1.165) is 34.7 Å². The Balaban J connectivity index is 1.42. The molecule has 9 heteroatoms. The van der Waals surface area contributed by atoms with Gasteiger partial charge in [0.15, 0.2) is 11.6 Å². The van der Waals surface area contributed by atoms with E-state index in [1.807, 2.05) is 12.1 Å². The van der Waals surface area contributed by atoms with Crippen LogP contribution < -0.4 is 10.1 Å². The van der Waals surface area contributed by atoms with Gasteiger partial charge in [-0.05, 0) is 43.4 Å². The number of pyridine rings is 1. The van der Waals surface area contributed by atoms with Gasteiger partial charge in [0.25, 0.3) is 5.91 Å². The van der Waals surface area contributed by atoms with Gasteiger partial charge in [0, 0.05) is 48.0 Å². The monoisotopic (exact) mass is 520 g/mol. The number of carbonyl (C=O) groups is 2. The fourth-order valence-corrected chi connectivity index (χ4v) is 4.97. The molecule has 0 bridgehead atoms. The van der Waals surface area contributed by atoms with E-state index in [4.69, 9.17) is 4.74 Å². The smallest absolute Gasteiger partial charge is 0.254 e. The molecule has 0 unspecified atom stereocenters. The van der Waals surface area contributed by atoms with Crippen molar-refractivity contribution in [3.8, 4) is 11.5 Å². The minimum Gasteiger partial charge on any atom is -0.453 e. The summed E-state index contributed by atoms with van der Waals surface area (Å²) >= 11 is 1.59. The van der Waals surface area contributed by atoms with Gasteiger partial charge < -0.3 is 15.0 Å². The SMILES string of the molecule is CCN(CC)Cc1cc2nccc(Oc3ccc(NC(=O)CN(C)C(=O)c4ccccc4)cc3F)c2s1. The van der Waals surface area contributed by atoms with Gasteiger partial charge >= 0.3 is 0 Å². The molecule has 0 radical (unpaired) electrons. The molecule has 0 fully saturated rings. The minimum absolute atomic E-state index is 0.0422. The number of likely N-dealkylation sites (N-methyl/N-ethyl adjacent to an activating group) is 1. The van der Waals surface area contributed by atoms with Crippen molar-refractivity contribution in [1.82, 2.24) is 14.8 Å². The van der Waals surface area contributed by atoms with Gasteiger partial charge in [-0.15, -0.1) is 11.3 Å². The molecule has 0 atom stereocenters. The van der Waals surface area contributed by atoms with Crippen LogP contribution in [-0.4, -0.2) is 53.3 Å². The lowest BCUT2D eigenvalue weighted by molar-refractivity contribution is -0.116. The number of hydrogen-bond acceptors (Lipinski definition) is 6. The Morgan fingerprint density at radius 1 is 1.03 bits per heavy atom. The zero-order valence-corrected chi connectivity index (χ0v) is 21.8. The predicted octanol–water partition coefficient (Wildman–Crippen LogP) is 5.78. The first-order valence-electron chi connectivity index (χ1n) is 12.1. The number of fused-ring (bicyclic) bond motifs is 1. The molecule has 192 valence electrons. The Kier molecular flexibility index (Phi) is 8.47. The second-order valence-electron chi connectivity index (χ2n) is 8.52. The zero-order chi connectivity index (χ0) is 26.4. The fourth-order valence-electron chi connectivity index (χ4n) is 3.86. The van der Waals surface area contributed by atoms with Crippen LogP contribution in [0.5, 0.6) is 11.5 Å². The van der Waals surface area contributed by atoms with Crippen molar-refractivity contribution in [2.75, 3.05) is 32.0 Å². The lowest BCUT2D eigenvalue weighted by atomic mass is 10.2. The maximum absolute atomic E-state index is 14.9. The second-order valence-corrected chi connectivity index (χ2v) is 9.66. The van der Waals surface area contributed by atoms with Gasteiger partial charge in [-0.1, -0.05) is 32.0 Å². The maximum Gasteiger partial charge on any atom is 0.254 e. The molecule has 2 heterocycles. The third-order valence-electron chi connectivity index (χ3n) is 5.88. The van der Waals surface area contributed by atoms with E-state index in [0.29, 0.717) is 11.3 Å². The van der Waals surface area contributed by atoms with E-state index in [2.05, 4.69) is 29.0 Å². The van der Waals surface area contributed by atoms with Crippen molar-refractivity contribution in [2.45, 2.75) is 20.4 Å². The van der Waals surface area contributed by atoms with Crippen molar-refractivity contribution in [2.24, 2.45) is 0 Å². The number of anilines is 1. The highest BCUT2D eigenvalue weighted by Gasteiger charge is 2.16. The molecule has 2 amide bonds. The van der Waals surface area contributed by atoms with Crippen LogP contribution in [0.25, 0.3) is 10.2 Å². The Bertz CT molecular complexity index is 1390. The van der Waals surface area contributed by atoms with Crippen molar-refractivity contribution in [1.29, 1.82) is 0 Å². The maximum atomic E-state index is 14.9. The summed E-state index contributed by atoms with van der Waals surface area (Å²) in [5, 5.41) is 2.63. The number of thiophene rings is 1. The largest absolute Gasteiger partial charge is 0.453 e. The number of aromatic nitrogens is 1. The summed E-state index contributed by atoms with van der Waals surface area (Å²) < 4.78 is 21.7. The standard InChI is InChI=1S/C28H29FN4O3S/c1-4-33(5-2)17-21-16-23-27(37-21)25(13-14-30-23)36-24-12-11-20(15-22(24)29)31-26(34)18-32(3)28(35)19-9-7-6-8-10-19/h6-16H,4-5,17-18H2,1-3H3,(H,31,34). The molecule has 7 nitrogen and oxygen atoms in total. The highest BCUT2D eigenvalue weighted by atomic mass is 32.1. The van der Waals surface area contributed by atoms with Gasteiger partial charge in [-0.25, -0.2) is 4.39 Å². The number of carbonyl (C=O) groups excluding carboxylic acids is 2. The predicted molar refractivity (Wildman–Crippen MR) is 145 cm³/mol. The minimum atomic E-state index is -0.614. The van der Waals surface area contributed by atoms with Gasteiger partial charge in [0.2, 0.25) is 5.91 Å². The lowest BCUT2D eigenvalue weighted by Crippen LogP contribution is -2.34. The highest BCUT2D eigenvalue weighted by molar-refractivity contribution is 7.19. The molecule has 1 N–H and O–H groups in total. The third kappa shape index (κ3) is 6.49. The van der Waals surface area contributed by atoms with Crippen molar-refractivity contribution in [3.63, 3.8) is 0 Å².